The van der Waals surface area contributed by atoms with Gasteiger partial charge < -0.3 is 15.0 Å². The molecule has 2 rings (SSSR count). The number of hydrogen-bond acceptors (Lipinski definition) is 4. The Kier molecular flexibility index (Phi) is 6.14. The van der Waals surface area contributed by atoms with E-state index < -0.39 is 0 Å². The third-order valence-electron chi connectivity index (χ3n) is 2.93. The van der Waals surface area contributed by atoms with Gasteiger partial charge in [-0.3, -0.25) is 0 Å². The third kappa shape index (κ3) is 5.38. The lowest BCUT2D eigenvalue weighted by Crippen LogP contribution is -2.02. The first kappa shape index (κ1) is 15.7. The molecule has 0 fully saturated rings. The van der Waals surface area contributed by atoms with E-state index in [1.165, 1.54) is 11.6 Å². The fourth-order valence-corrected chi connectivity index (χ4v) is 1.85. The monoisotopic (exact) mass is 297 g/mol. The summed E-state index contributed by atoms with van der Waals surface area (Å²) >= 11 is 0. The maximum Gasteiger partial charge on any atom is 0.330 e. The molecule has 5 nitrogen and oxygen atoms in total. The molecule has 0 saturated carbocycles. The number of rotatable bonds is 7. The fraction of sp³-hybridized carbons (Fsp3) is 0.176. The molecule has 0 amide bonds. The van der Waals surface area contributed by atoms with E-state index in [9.17, 15) is 4.79 Å². The molecule has 1 heterocycles. The Balaban J connectivity index is 1.79. The molecule has 2 N–H and O–H groups in total. The number of esters is 1. The zero-order chi connectivity index (χ0) is 15.6. The van der Waals surface area contributed by atoms with Gasteiger partial charge in [0.1, 0.15) is 6.61 Å². The second-order valence-electron chi connectivity index (χ2n) is 4.65. The maximum atomic E-state index is 11.2. The molecule has 114 valence electrons. The number of nitrogens with two attached hydrogens (primary N) is 1. The zero-order valence-corrected chi connectivity index (χ0v) is 12.3. The van der Waals surface area contributed by atoms with Crippen molar-refractivity contribution in [3.63, 3.8) is 0 Å². The van der Waals surface area contributed by atoms with Crippen molar-refractivity contribution in [2.45, 2.75) is 6.54 Å². The van der Waals surface area contributed by atoms with Gasteiger partial charge in [-0.25, -0.2) is 9.78 Å². The molecule has 0 unspecified atom stereocenters. The van der Waals surface area contributed by atoms with Crippen LogP contribution in [0.3, 0.4) is 0 Å². The summed E-state index contributed by atoms with van der Waals surface area (Å²) in [5.74, 6) is -0.384. The fourth-order valence-electron chi connectivity index (χ4n) is 1.85. The molecule has 2 aromatic rings. The standard InChI is InChI=1S/C17H19N3O2/c18-9-1-4-17(21)22-12-2-3-15-5-7-16(8-6-15)13-20-11-10-19-14-20/h1-8,10-11,14H,9,12-13,18H2. The van der Waals surface area contributed by atoms with Crippen LogP contribution in [0.4, 0.5) is 0 Å². The predicted molar refractivity (Wildman–Crippen MR) is 86.0 cm³/mol. The average Bonchev–Trinajstić information content (AvgIpc) is 3.04. The Morgan fingerprint density at radius 3 is 2.77 bits per heavy atom. The number of carbonyl (C=O) groups is 1. The summed E-state index contributed by atoms with van der Waals surface area (Å²) < 4.78 is 6.99. The smallest absolute Gasteiger partial charge is 0.330 e. The van der Waals surface area contributed by atoms with Crippen LogP contribution in [0.5, 0.6) is 0 Å². The van der Waals surface area contributed by atoms with Crippen molar-refractivity contribution in [1.29, 1.82) is 0 Å². The van der Waals surface area contributed by atoms with Gasteiger partial charge in [-0.2, -0.15) is 0 Å². The highest BCUT2D eigenvalue weighted by Crippen LogP contribution is 2.08. The number of aromatic nitrogens is 2. The Bertz CT molecular complexity index is 628. The second-order valence-corrected chi connectivity index (χ2v) is 4.65. The number of benzene rings is 1. The van der Waals surface area contributed by atoms with Crippen molar-refractivity contribution < 1.29 is 9.53 Å². The van der Waals surface area contributed by atoms with Crippen LogP contribution in [-0.2, 0) is 16.1 Å². The normalized spacial score (nSPS) is 11.3. The van der Waals surface area contributed by atoms with Crippen molar-refractivity contribution >= 4 is 12.0 Å². The minimum atomic E-state index is -0.384. The first-order valence-electron chi connectivity index (χ1n) is 7.02. The van der Waals surface area contributed by atoms with Gasteiger partial charge in [-0.1, -0.05) is 36.4 Å². The topological polar surface area (TPSA) is 70.1 Å². The van der Waals surface area contributed by atoms with Crippen LogP contribution in [0.2, 0.25) is 0 Å². The third-order valence-corrected chi connectivity index (χ3v) is 2.93. The Labute approximate surface area is 129 Å². The molecule has 0 bridgehead atoms. The van der Waals surface area contributed by atoms with E-state index in [0.29, 0.717) is 6.54 Å². The Hall–Kier alpha value is -2.66. The minimum Gasteiger partial charge on any atom is -0.458 e. The van der Waals surface area contributed by atoms with Crippen molar-refractivity contribution in [3.8, 4) is 0 Å². The molecule has 0 atom stereocenters. The number of imidazole rings is 1. The summed E-state index contributed by atoms with van der Waals surface area (Å²) in [6.07, 6.45) is 12.1. The van der Waals surface area contributed by atoms with Gasteiger partial charge in [0.15, 0.2) is 0 Å². The Morgan fingerprint density at radius 2 is 2.09 bits per heavy atom. The summed E-state index contributed by atoms with van der Waals surface area (Å²) in [4.78, 5) is 15.2. The molecule has 0 aliphatic rings. The van der Waals surface area contributed by atoms with Crippen molar-refractivity contribution in [1.82, 2.24) is 9.55 Å². The number of nitrogens with zero attached hydrogens (tertiary/aromatic N) is 2. The molecule has 22 heavy (non-hydrogen) atoms. The quantitative estimate of drug-likeness (QED) is 0.627. The van der Waals surface area contributed by atoms with Crippen LogP contribution in [0.15, 0.2) is 61.2 Å². The van der Waals surface area contributed by atoms with Crippen LogP contribution >= 0.6 is 0 Å². The lowest BCUT2D eigenvalue weighted by molar-refractivity contribution is -0.136. The molecule has 0 aliphatic carbocycles. The van der Waals surface area contributed by atoms with Gasteiger partial charge in [0, 0.05) is 31.6 Å². The van der Waals surface area contributed by atoms with E-state index in [4.69, 9.17) is 10.5 Å². The highest BCUT2D eigenvalue weighted by Gasteiger charge is 1.95. The lowest BCUT2D eigenvalue weighted by atomic mass is 10.1. The van der Waals surface area contributed by atoms with Crippen molar-refractivity contribution in [3.05, 3.63) is 72.3 Å². The lowest BCUT2D eigenvalue weighted by Gasteiger charge is -2.03. The van der Waals surface area contributed by atoms with E-state index in [2.05, 4.69) is 17.1 Å². The molecule has 0 aliphatic heterocycles. The molecule has 0 saturated heterocycles. The van der Waals surface area contributed by atoms with E-state index in [1.54, 1.807) is 24.7 Å². The first-order valence-corrected chi connectivity index (χ1v) is 7.02. The molecular weight excluding hydrogens is 278 g/mol. The molecule has 5 heteroatoms. The minimum absolute atomic E-state index is 0.241. The van der Waals surface area contributed by atoms with Crippen molar-refractivity contribution in [2.24, 2.45) is 5.73 Å². The zero-order valence-electron chi connectivity index (χ0n) is 12.3. The van der Waals surface area contributed by atoms with Crippen LogP contribution in [0.1, 0.15) is 11.1 Å². The molecule has 0 spiro atoms. The molecule has 1 aromatic heterocycles. The van der Waals surface area contributed by atoms with Gasteiger partial charge in [-0.05, 0) is 17.2 Å². The van der Waals surface area contributed by atoms with E-state index >= 15 is 0 Å². The maximum absolute atomic E-state index is 11.2. The van der Waals surface area contributed by atoms with Crippen LogP contribution in [0, 0.1) is 0 Å². The summed E-state index contributed by atoms with van der Waals surface area (Å²) in [6.45, 7) is 1.37. The number of ether oxygens (including phenoxy) is 1. The number of carbonyl (C=O) groups excluding carboxylic acids is 1. The van der Waals surface area contributed by atoms with E-state index in [-0.39, 0.29) is 12.6 Å². The van der Waals surface area contributed by atoms with Crippen LogP contribution in [-0.4, -0.2) is 28.7 Å². The molecule has 0 radical (unpaired) electrons. The van der Waals surface area contributed by atoms with Gasteiger partial charge >= 0.3 is 5.97 Å². The first-order chi connectivity index (χ1) is 10.8. The van der Waals surface area contributed by atoms with Crippen molar-refractivity contribution in [2.75, 3.05) is 13.2 Å². The largest absolute Gasteiger partial charge is 0.458 e. The van der Waals surface area contributed by atoms with Crippen LogP contribution < -0.4 is 5.73 Å². The molecular formula is C17H19N3O2. The van der Waals surface area contributed by atoms with Crippen LogP contribution in [0.25, 0.3) is 6.08 Å². The summed E-state index contributed by atoms with van der Waals surface area (Å²) in [5.41, 5.74) is 7.51. The highest BCUT2D eigenvalue weighted by atomic mass is 16.5. The Morgan fingerprint density at radius 1 is 1.27 bits per heavy atom. The summed E-state index contributed by atoms with van der Waals surface area (Å²) in [5, 5.41) is 0. The van der Waals surface area contributed by atoms with E-state index in [1.807, 2.05) is 29.0 Å². The highest BCUT2D eigenvalue weighted by molar-refractivity contribution is 5.82. The van der Waals surface area contributed by atoms with Gasteiger partial charge in [0.05, 0.1) is 6.33 Å². The molecule has 1 aromatic carbocycles. The van der Waals surface area contributed by atoms with Gasteiger partial charge in [0.2, 0.25) is 0 Å². The average molecular weight is 297 g/mol. The van der Waals surface area contributed by atoms with Gasteiger partial charge in [-0.15, -0.1) is 0 Å². The summed E-state index contributed by atoms with van der Waals surface area (Å²) in [6, 6.07) is 8.18. The summed E-state index contributed by atoms with van der Waals surface area (Å²) in [7, 11) is 0. The second kappa shape index (κ2) is 8.59. The number of hydrogen-bond donors (Lipinski definition) is 1. The van der Waals surface area contributed by atoms with Gasteiger partial charge in [0.25, 0.3) is 0 Å². The SMILES string of the molecule is NCC=CC(=O)OCC=Cc1ccc(Cn2ccnc2)cc1. The van der Waals surface area contributed by atoms with E-state index in [0.717, 1.165) is 12.1 Å². The predicted octanol–water partition coefficient (Wildman–Crippen LogP) is 2.00.